The van der Waals surface area contributed by atoms with E-state index in [1.165, 1.54) is 0 Å². The van der Waals surface area contributed by atoms with Gasteiger partial charge < -0.3 is 10.2 Å². The van der Waals surface area contributed by atoms with E-state index in [0.717, 1.165) is 55.7 Å². The Balaban J connectivity index is 1.56. The minimum Gasteiger partial charge on any atom is -0.346 e. The molecule has 0 amide bonds. The Hall–Kier alpha value is -2.12. The van der Waals surface area contributed by atoms with Crippen molar-refractivity contribution in [1.29, 1.82) is 0 Å². The lowest BCUT2D eigenvalue weighted by Crippen LogP contribution is -2.49. The Bertz CT molecular complexity index is 867. The summed E-state index contributed by atoms with van der Waals surface area (Å²) in [5, 5.41) is 3.90. The number of piperazine rings is 1. The molecule has 2 aromatic rings. The average Bonchev–Trinajstić information content (AvgIpc) is 2.62. The van der Waals surface area contributed by atoms with Gasteiger partial charge in [0.2, 0.25) is 0 Å². The molecule has 3 rings (SSSR count). The third-order valence-corrected chi connectivity index (χ3v) is 5.53. The second-order valence-electron chi connectivity index (χ2n) is 7.90. The zero-order chi connectivity index (χ0) is 21.2. The number of aryl methyl sites for hydroxylation is 3. The van der Waals surface area contributed by atoms with Gasteiger partial charge in [0.15, 0.2) is 5.11 Å². The van der Waals surface area contributed by atoms with Gasteiger partial charge in [-0.3, -0.25) is 4.90 Å². The van der Waals surface area contributed by atoms with E-state index in [0.29, 0.717) is 17.2 Å². The quantitative estimate of drug-likeness (QED) is 0.732. The first-order valence-electron chi connectivity index (χ1n) is 9.83. The minimum absolute atomic E-state index is 0.111. The SMILES string of the molecule is Cc1cc(C)nc(NC(=S)N2CCN(Cc3ccc(C)c(C(C)(F)F)c3)CC2)c1. The first kappa shape index (κ1) is 21.6. The van der Waals surface area contributed by atoms with Crippen LogP contribution in [0, 0.1) is 20.8 Å². The highest BCUT2D eigenvalue weighted by molar-refractivity contribution is 7.80. The van der Waals surface area contributed by atoms with Crippen molar-refractivity contribution in [3.63, 3.8) is 0 Å². The van der Waals surface area contributed by atoms with Crippen molar-refractivity contribution in [2.75, 3.05) is 31.5 Å². The van der Waals surface area contributed by atoms with Crippen LogP contribution in [0.3, 0.4) is 0 Å². The van der Waals surface area contributed by atoms with Gasteiger partial charge in [-0.05, 0) is 67.9 Å². The Morgan fingerprint density at radius 3 is 2.41 bits per heavy atom. The van der Waals surface area contributed by atoms with Gasteiger partial charge in [-0.2, -0.15) is 0 Å². The number of pyridine rings is 1. The van der Waals surface area contributed by atoms with Crippen molar-refractivity contribution in [3.05, 3.63) is 58.3 Å². The topological polar surface area (TPSA) is 31.4 Å². The number of halogens is 2. The number of benzene rings is 1. The molecule has 0 atom stereocenters. The van der Waals surface area contributed by atoms with Crippen LogP contribution in [0.1, 0.15) is 34.9 Å². The van der Waals surface area contributed by atoms with Gasteiger partial charge in [-0.15, -0.1) is 0 Å². The molecule has 0 spiro atoms. The van der Waals surface area contributed by atoms with E-state index in [9.17, 15) is 8.78 Å². The smallest absolute Gasteiger partial charge is 0.270 e. The molecule has 1 aliphatic heterocycles. The maximum Gasteiger partial charge on any atom is 0.270 e. The van der Waals surface area contributed by atoms with Gasteiger partial charge in [0.05, 0.1) is 0 Å². The molecule has 2 heterocycles. The Labute approximate surface area is 176 Å². The van der Waals surface area contributed by atoms with Gasteiger partial charge in [0.25, 0.3) is 5.92 Å². The summed E-state index contributed by atoms with van der Waals surface area (Å²) in [5.74, 6) is -2.05. The van der Waals surface area contributed by atoms with E-state index in [-0.39, 0.29) is 5.56 Å². The summed E-state index contributed by atoms with van der Waals surface area (Å²) in [6.45, 7) is 10.6. The van der Waals surface area contributed by atoms with Crippen LogP contribution in [-0.2, 0) is 12.5 Å². The van der Waals surface area contributed by atoms with E-state index in [1.807, 2.05) is 32.0 Å². The second kappa shape index (κ2) is 8.71. The second-order valence-corrected chi connectivity index (χ2v) is 8.29. The number of aromatic nitrogens is 1. The van der Waals surface area contributed by atoms with E-state index < -0.39 is 5.92 Å². The highest BCUT2D eigenvalue weighted by atomic mass is 32.1. The van der Waals surface area contributed by atoms with Crippen molar-refractivity contribution < 1.29 is 8.78 Å². The van der Waals surface area contributed by atoms with Crippen molar-refractivity contribution in [1.82, 2.24) is 14.8 Å². The van der Waals surface area contributed by atoms with Gasteiger partial charge in [0.1, 0.15) is 5.82 Å². The first-order valence-corrected chi connectivity index (χ1v) is 10.2. The maximum absolute atomic E-state index is 13.8. The number of nitrogens with one attached hydrogen (secondary N) is 1. The van der Waals surface area contributed by atoms with Crippen LogP contribution >= 0.6 is 12.2 Å². The molecule has 1 N–H and O–H groups in total. The predicted octanol–water partition coefficient (Wildman–Crippen LogP) is 4.63. The van der Waals surface area contributed by atoms with Crippen LogP contribution in [-0.4, -0.2) is 46.1 Å². The third-order valence-electron chi connectivity index (χ3n) is 5.17. The summed E-state index contributed by atoms with van der Waals surface area (Å²) in [6.07, 6.45) is 0. The molecule has 7 heteroatoms. The zero-order valence-corrected chi connectivity index (χ0v) is 18.2. The molecule has 156 valence electrons. The van der Waals surface area contributed by atoms with Crippen molar-refractivity contribution in [2.24, 2.45) is 0 Å². The molecule has 29 heavy (non-hydrogen) atoms. The molecule has 0 bridgehead atoms. The molecule has 0 aliphatic carbocycles. The van der Waals surface area contributed by atoms with Crippen LogP contribution in [0.2, 0.25) is 0 Å². The zero-order valence-electron chi connectivity index (χ0n) is 17.4. The lowest BCUT2D eigenvalue weighted by atomic mass is 10.00. The number of hydrogen-bond acceptors (Lipinski definition) is 3. The van der Waals surface area contributed by atoms with Crippen LogP contribution in [0.4, 0.5) is 14.6 Å². The van der Waals surface area contributed by atoms with Gasteiger partial charge in [0, 0.05) is 50.9 Å². The van der Waals surface area contributed by atoms with E-state index in [1.54, 1.807) is 19.1 Å². The molecule has 0 unspecified atom stereocenters. The summed E-state index contributed by atoms with van der Waals surface area (Å²) in [4.78, 5) is 8.88. The molecule has 1 aromatic heterocycles. The lowest BCUT2D eigenvalue weighted by molar-refractivity contribution is 0.0167. The van der Waals surface area contributed by atoms with Crippen LogP contribution in [0.5, 0.6) is 0 Å². The normalized spacial score (nSPS) is 15.4. The fourth-order valence-electron chi connectivity index (χ4n) is 3.70. The van der Waals surface area contributed by atoms with E-state index >= 15 is 0 Å². The molecule has 1 aromatic carbocycles. The fourth-order valence-corrected chi connectivity index (χ4v) is 3.99. The first-order chi connectivity index (χ1) is 13.6. The number of thiocarbonyl (C=S) groups is 1. The third kappa shape index (κ3) is 5.70. The highest BCUT2D eigenvalue weighted by Crippen LogP contribution is 2.30. The number of rotatable bonds is 4. The molecule has 1 saturated heterocycles. The number of nitrogens with zero attached hydrogens (tertiary/aromatic N) is 3. The number of anilines is 1. The number of alkyl halides is 2. The summed E-state index contributed by atoms with van der Waals surface area (Å²) in [7, 11) is 0. The summed E-state index contributed by atoms with van der Waals surface area (Å²) < 4.78 is 27.6. The van der Waals surface area contributed by atoms with Gasteiger partial charge in [-0.1, -0.05) is 12.1 Å². The van der Waals surface area contributed by atoms with E-state index in [2.05, 4.69) is 20.1 Å². The molecule has 4 nitrogen and oxygen atoms in total. The predicted molar refractivity (Wildman–Crippen MR) is 118 cm³/mol. The average molecular weight is 419 g/mol. The summed E-state index contributed by atoms with van der Waals surface area (Å²) in [5.41, 5.74) is 3.75. The monoisotopic (exact) mass is 418 g/mol. The maximum atomic E-state index is 13.8. The Morgan fingerprint density at radius 2 is 1.79 bits per heavy atom. The minimum atomic E-state index is -2.82. The molecule has 1 aliphatic rings. The highest BCUT2D eigenvalue weighted by Gasteiger charge is 2.27. The Morgan fingerprint density at radius 1 is 1.10 bits per heavy atom. The van der Waals surface area contributed by atoms with Crippen LogP contribution < -0.4 is 5.32 Å². The molecular weight excluding hydrogens is 390 g/mol. The standard InChI is InChI=1S/C22H28F2N4S/c1-15-11-17(3)25-20(12-15)26-21(29)28-9-7-27(8-10-28)14-18-6-5-16(2)19(13-18)22(4,23)24/h5-6,11-13H,7-10,14H2,1-4H3,(H,25,26,29). The molecule has 0 radical (unpaired) electrons. The van der Waals surface area contributed by atoms with Gasteiger partial charge >= 0.3 is 0 Å². The van der Waals surface area contributed by atoms with Crippen molar-refractivity contribution in [3.8, 4) is 0 Å². The van der Waals surface area contributed by atoms with Crippen LogP contribution in [0.25, 0.3) is 0 Å². The van der Waals surface area contributed by atoms with E-state index in [4.69, 9.17) is 12.2 Å². The van der Waals surface area contributed by atoms with Crippen molar-refractivity contribution in [2.45, 2.75) is 40.2 Å². The fraction of sp³-hybridized carbons (Fsp3) is 0.455. The lowest BCUT2D eigenvalue weighted by Gasteiger charge is -2.36. The van der Waals surface area contributed by atoms with Crippen LogP contribution in [0.15, 0.2) is 30.3 Å². The molecule has 1 fully saturated rings. The number of hydrogen-bond donors (Lipinski definition) is 1. The summed E-state index contributed by atoms with van der Waals surface area (Å²) in [6, 6.07) is 9.37. The molecular formula is C22H28F2N4S. The Kier molecular flexibility index (Phi) is 6.49. The molecule has 0 saturated carbocycles. The van der Waals surface area contributed by atoms with Crippen molar-refractivity contribution >= 4 is 23.1 Å². The largest absolute Gasteiger partial charge is 0.346 e. The van der Waals surface area contributed by atoms with Gasteiger partial charge in [-0.25, -0.2) is 13.8 Å². The summed E-state index contributed by atoms with van der Waals surface area (Å²) >= 11 is 5.56.